The monoisotopic (exact) mass is 182 g/mol. The van der Waals surface area contributed by atoms with Crippen LogP contribution in [0.4, 0.5) is 4.39 Å². The molecule has 0 radical (unpaired) electrons. The summed E-state index contributed by atoms with van der Waals surface area (Å²) in [6.45, 7) is -0.651. The van der Waals surface area contributed by atoms with E-state index in [2.05, 4.69) is 4.74 Å². The highest BCUT2D eigenvalue weighted by Gasteiger charge is 2.43. The van der Waals surface area contributed by atoms with Gasteiger partial charge in [-0.25, -0.2) is 4.39 Å². The van der Waals surface area contributed by atoms with Crippen LogP contribution >= 0.6 is 0 Å². The van der Waals surface area contributed by atoms with Crippen molar-refractivity contribution in [2.75, 3.05) is 6.61 Å². The summed E-state index contributed by atoms with van der Waals surface area (Å²) in [5.74, 6) is 0. The van der Waals surface area contributed by atoms with Crippen LogP contribution in [0.3, 0.4) is 0 Å². The number of rotatable bonds is 1. The molecule has 0 bridgehead atoms. The van der Waals surface area contributed by atoms with Gasteiger partial charge in [0.2, 0.25) is 0 Å². The maximum atomic E-state index is 12.9. The second-order valence-electron chi connectivity index (χ2n) is 2.67. The Kier molecular flexibility index (Phi) is 2.97. The molecule has 6 heteroatoms. The number of hydrogen-bond acceptors (Lipinski definition) is 5. The van der Waals surface area contributed by atoms with Crippen molar-refractivity contribution < 1.29 is 29.6 Å². The molecular weight excluding hydrogens is 171 g/mol. The first-order valence-corrected chi connectivity index (χ1v) is 3.52. The highest BCUT2D eigenvalue weighted by molar-refractivity contribution is 4.88. The highest BCUT2D eigenvalue weighted by atomic mass is 19.1. The summed E-state index contributed by atoms with van der Waals surface area (Å²) in [7, 11) is 0. The van der Waals surface area contributed by atoms with Gasteiger partial charge in [-0.1, -0.05) is 0 Å². The molecule has 1 saturated heterocycles. The predicted molar refractivity (Wildman–Crippen MR) is 34.9 cm³/mol. The number of ether oxygens (including phenoxy) is 1. The minimum absolute atomic E-state index is 0.651. The van der Waals surface area contributed by atoms with E-state index >= 15 is 0 Å². The molecule has 0 saturated carbocycles. The molecule has 0 spiro atoms. The topological polar surface area (TPSA) is 90.2 Å². The van der Waals surface area contributed by atoms with Crippen LogP contribution in [-0.2, 0) is 4.74 Å². The summed E-state index contributed by atoms with van der Waals surface area (Å²) >= 11 is 0. The van der Waals surface area contributed by atoms with E-state index in [0.717, 1.165) is 0 Å². The molecule has 1 heterocycles. The molecule has 1 aliphatic rings. The van der Waals surface area contributed by atoms with E-state index in [-0.39, 0.29) is 0 Å². The molecule has 0 amide bonds. The summed E-state index contributed by atoms with van der Waals surface area (Å²) in [6, 6.07) is 0. The lowest BCUT2D eigenvalue weighted by Crippen LogP contribution is -2.56. The molecule has 5 atom stereocenters. The molecule has 0 aromatic rings. The van der Waals surface area contributed by atoms with Crippen LogP contribution in [0.15, 0.2) is 0 Å². The normalized spacial score (nSPS) is 49.2. The molecule has 0 aliphatic carbocycles. The summed E-state index contributed by atoms with van der Waals surface area (Å²) in [5, 5.41) is 35.2. The average Bonchev–Trinajstić information content (AvgIpc) is 2.08. The predicted octanol–water partition coefficient (Wildman–Crippen LogP) is -2.24. The van der Waals surface area contributed by atoms with Crippen molar-refractivity contribution >= 4 is 0 Å². The molecule has 12 heavy (non-hydrogen) atoms. The Bertz CT molecular complexity index is 150. The van der Waals surface area contributed by atoms with Crippen LogP contribution in [0.2, 0.25) is 0 Å². The lowest BCUT2D eigenvalue weighted by atomic mass is 10.0. The second-order valence-corrected chi connectivity index (χ2v) is 2.67. The lowest BCUT2D eigenvalue weighted by molar-refractivity contribution is -0.274. The first kappa shape index (κ1) is 9.82. The Morgan fingerprint density at radius 1 is 1.17 bits per heavy atom. The summed E-state index contributed by atoms with van der Waals surface area (Å²) < 4.78 is 17.3. The minimum atomic E-state index is -1.88. The number of aliphatic hydroxyl groups is 4. The Morgan fingerprint density at radius 2 is 1.75 bits per heavy atom. The smallest absolute Gasteiger partial charge is 0.184 e. The highest BCUT2D eigenvalue weighted by Crippen LogP contribution is 2.21. The number of aliphatic hydroxyl groups excluding tert-OH is 4. The van der Waals surface area contributed by atoms with Gasteiger partial charge in [-0.2, -0.15) is 0 Å². The minimum Gasteiger partial charge on any atom is -0.394 e. The van der Waals surface area contributed by atoms with Crippen LogP contribution in [0.25, 0.3) is 0 Å². The molecule has 0 aromatic carbocycles. The number of hydrogen-bond donors (Lipinski definition) is 4. The fraction of sp³-hybridized carbons (Fsp3) is 1.00. The average molecular weight is 182 g/mol. The molecule has 4 N–H and O–H groups in total. The molecule has 3 unspecified atom stereocenters. The summed E-state index contributed by atoms with van der Waals surface area (Å²) in [4.78, 5) is 0. The van der Waals surface area contributed by atoms with Gasteiger partial charge >= 0.3 is 0 Å². The van der Waals surface area contributed by atoms with Gasteiger partial charge in [0.25, 0.3) is 0 Å². The van der Waals surface area contributed by atoms with Crippen molar-refractivity contribution in [2.45, 2.75) is 30.8 Å². The molecule has 72 valence electrons. The van der Waals surface area contributed by atoms with Crippen LogP contribution in [0.1, 0.15) is 0 Å². The van der Waals surface area contributed by atoms with Crippen LogP contribution in [-0.4, -0.2) is 57.8 Å². The quantitative estimate of drug-likeness (QED) is 0.368. The zero-order valence-electron chi connectivity index (χ0n) is 6.17. The standard InChI is InChI=1S/C6H11FO5/c7-3-2(1-8)12-6(11)5(10)4(3)9/h2-6,8-11H,1H2/t2?,3-,4?,5-,6?/m0/s1. The molecule has 1 aliphatic heterocycles. The molecule has 5 nitrogen and oxygen atoms in total. The Labute approximate surface area is 68.0 Å². The van der Waals surface area contributed by atoms with E-state index in [1.807, 2.05) is 0 Å². The van der Waals surface area contributed by atoms with Crippen LogP contribution in [0.5, 0.6) is 0 Å². The van der Waals surface area contributed by atoms with Crippen molar-refractivity contribution in [3.63, 3.8) is 0 Å². The van der Waals surface area contributed by atoms with E-state index in [0.29, 0.717) is 0 Å². The Balaban J connectivity index is 2.63. The van der Waals surface area contributed by atoms with E-state index in [9.17, 15) is 4.39 Å². The number of halogens is 1. The van der Waals surface area contributed by atoms with E-state index in [4.69, 9.17) is 20.4 Å². The zero-order chi connectivity index (χ0) is 9.30. The third-order valence-corrected chi connectivity index (χ3v) is 1.82. The first-order chi connectivity index (χ1) is 5.57. The van der Waals surface area contributed by atoms with Gasteiger partial charge in [0.05, 0.1) is 6.61 Å². The zero-order valence-corrected chi connectivity index (χ0v) is 6.17. The van der Waals surface area contributed by atoms with Gasteiger partial charge < -0.3 is 25.2 Å². The largest absolute Gasteiger partial charge is 0.394 e. The van der Waals surface area contributed by atoms with Gasteiger partial charge in [0.15, 0.2) is 12.5 Å². The fourth-order valence-electron chi connectivity index (χ4n) is 1.06. The van der Waals surface area contributed by atoms with Crippen molar-refractivity contribution in [2.24, 2.45) is 0 Å². The second kappa shape index (κ2) is 3.63. The van der Waals surface area contributed by atoms with Crippen molar-refractivity contribution in [1.29, 1.82) is 0 Å². The SMILES string of the molecule is OCC1OC(O)[C@@H](O)C(O)[C@H]1F. The molecular formula is C6H11FO5. The summed E-state index contributed by atoms with van der Waals surface area (Å²) in [5.41, 5.74) is 0. The fourth-order valence-corrected chi connectivity index (χ4v) is 1.06. The van der Waals surface area contributed by atoms with E-state index < -0.39 is 37.4 Å². The Morgan fingerprint density at radius 3 is 2.25 bits per heavy atom. The maximum absolute atomic E-state index is 12.9. The van der Waals surface area contributed by atoms with Gasteiger partial charge in [-0.05, 0) is 0 Å². The molecule has 1 rings (SSSR count). The maximum Gasteiger partial charge on any atom is 0.184 e. The van der Waals surface area contributed by atoms with Crippen LogP contribution < -0.4 is 0 Å². The van der Waals surface area contributed by atoms with Gasteiger partial charge in [-0.3, -0.25) is 0 Å². The molecule has 1 fully saturated rings. The molecule has 0 aromatic heterocycles. The van der Waals surface area contributed by atoms with Gasteiger partial charge in [0, 0.05) is 0 Å². The van der Waals surface area contributed by atoms with Gasteiger partial charge in [-0.15, -0.1) is 0 Å². The van der Waals surface area contributed by atoms with Gasteiger partial charge in [0.1, 0.15) is 18.3 Å². The lowest BCUT2D eigenvalue weighted by Gasteiger charge is -2.36. The number of alkyl halides is 1. The van der Waals surface area contributed by atoms with Crippen molar-refractivity contribution in [3.8, 4) is 0 Å². The summed E-state index contributed by atoms with van der Waals surface area (Å²) in [6.07, 6.45) is -8.19. The van der Waals surface area contributed by atoms with Crippen molar-refractivity contribution in [3.05, 3.63) is 0 Å². The van der Waals surface area contributed by atoms with E-state index in [1.165, 1.54) is 0 Å². The first-order valence-electron chi connectivity index (χ1n) is 3.52. The van der Waals surface area contributed by atoms with E-state index in [1.54, 1.807) is 0 Å². The van der Waals surface area contributed by atoms with Crippen molar-refractivity contribution in [1.82, 2.24) is 0 Å². The van der Waals surface area contributed by atoms with Crippen LogP contribution in [0, 0.1) is 0 Å². The third-order valence-electron chi connectivity index (χ3n) is 1.82. The Hall–Kier alpha value is -0.270. The third kappa shape index (κ3) is 1.57.